The van der Waals surface area contributed by atoms with Gasteiger partial charge >= 0.3 is 11.9 Å². The van der Waals surface area contributed by atoms with Gasteiger partial charge in [0.05, 0.1) is 11.1 Å². The number of aromatic carboxylic acids is 1. The first-order valence-corrected chi connectivity index (χ1v) is 10.3. The maximum atomic E-state index is 14.3. The van der Waals surface area contributed by atoms with E-state index in [4.69, 9.17) is 9.25 Å². The number of aromatic hydroxyl groups is 3. The van der Waals surface area contributed by atoms with Crippen LogP contribution in [-0.4, -0.2) is 37.1 Å². The van der Waals surface area contributed by atoms with Crippen LogP contribution in [0.15, 0.2) is 63.8 Å². The fourth-order valence-electron chi connectivity index (χ4n) is 3.89. The Kier molecular flexibility index (Phi) is 5.29. The first-order chi connectivity index (χ1) is 17.5. The van der Waals surface area contributed by atoms with Crippen molar-refractivity contribution in [2.75, 3.05) is 0 Å². The van der Waals surface area contributed by atoms with E-state index in [2.05, 4.69) is 0 Å². The molecule has 1 aliphatic carbocycles. The lowest BCUT2D eigenvalue weighted by atomic mass is 9.89. The van der Waals surface area contributed by atoms with Crippen LogP contribution in [0, 0.1) is 11.6 Å². The molecule has 0 radical (unpaired) electrons. The Morgan fingerprint density at radius 3 is 2.24 bits per heavy atom. The normalized spacial score (nSPS) is 11.2. The van der Waals surface area contributed by atoms with Crippen molar-refractivity contribution in [2.24, 2.45) is 0 Å². The van der Waals surface area contributed by atoms with E-state index in [9.17, 15) is 43.6 Å². The number of carbonyl (C=O) groups excluding carboxylic acids is 1. The van der Waals surface area contributed by atoms with Gasteiger partial charge in [-0.25, -0.2) is 18.4 Å². The van der Waals surface area contributed by atoms with E-state index in [1.807, 2.05) is 0 Å². The van der Waals surface area contributed by atoms with Crippen LogP contribution in [0.2, 0.25) is 0 Å². The summed E-state index contributed by atoms with van der Waals surface area (Å²) in [5, 5.41) is 39.0. The zero-order valence-electron chi connectivity index (χ0n) is 18.2. The number of hydrogen-bond donors (Lipinski definition) is 4. The van der Waals surface area contributed by atoms with Gasteiger partial charge in [-0.1, -0.05) is 6.07 Å². The number of halogens is 2. The highest BCUT2D eigenvalue weighted by Gasteiger charge is 2.26. The second kappa shape index (κ2) is 8.37. The summed E-state index contributed by atoms with van der Waals surface area (Å²) >= 11 is 0. The number of carboxylic acid groups (broad SMARTS) is 1. The van der Waals surface area contributed by atoms with Gasteiger partial charge in [-0.3, -0.25) is 4.79 Å². The molecule has 1 aromatic heterocycles. The Hall–Kier alpha value is -5.39. The number of carbonyl (C=O) groups is 2. The van der Waals surface area contributed by atoms with E-state index < -0.39 is 52.1 Å². The van der Waals surface area contributed by atoms with Gasteiger partial charge in [0.1, 0.15) is 11.3 Å². The van der Waals surface area contributed by atoms with Crippen molar-refractivity contribution in [3.05, 3.63) is 87.6 Å². The molecule has 3 aromatic rings. The first kappa shape index (κ1) is 23.4. The van der Waals surface area contributed by atoms with E-state index in [1.165, 1.54) is 6.07 Å². The van der Waals surface area contributed by atoms with Crippen LogP contribution in [0.4, 0.5) is 8.78 Å². The summed E-state index contributed by atoms with van der Waals surface area (Å²) in [5.74, 6) is -7.07. The molecule has 1 aliphatic heterocycles. The summed E-state index contributed by atoms with van der Waals surface area (Å²) in [6.45, 7) is 0. The largest absolute Gasteiger partial charge is 0.505 e. The van der Waals surface area contributed by atoms with Crippen LogP contribution in [-0.2, 0) is 0 Å². The summed E-state index contributed by atoms with van der Waals surface area (Å²) in [7, 11) is 0. The number of carboxylic acids is 1. The number of hydrogen-bond acceptors (Lipinski definition) is 8. The molecule has 186 valence electrons. The van der Waals surface area contributed by atoms with E-state index in [-0.39, 0.29) is 39.0 Å². The minimum absolute atomic E-state index is 0.0490. The summed E-state index contributed by atoms with van der Waals surface area (Å²) in [5.41, 5.74) is -2.18. The topological polar surface area (TPSA) is 159 Å². The lowest BCUT2D eigenvalue weighted by Gasteiger charge is -2.17. The second-order valence-corrected chi connectivity index (χ2v) is 7.84. The zero-order chi connectivity index (χ0) is 26.6. The molecule has 2 heterocycles. The molecular weight excluding hydrogens is 496 g/mol. The van der Waals surface area contributed by atoms with Crippen molar-refractivity contribution < 1.29 is 48.1 Å². The van der Waals surface area contributed by atoms with Gasteiger partial charge in [0.25, 0.3) is 0 Å². The Morgan fingerprint density at radius 2 is 1.57 bits per heavy atom. The van der Waals surface area contributed by atoms with E-state index >= 15 is 0 Å². The van der Waals surface area contributed by atoms with E-state index in [0.717, 1.165) is 48.5 Å². The van der Waals surface area contributed by atoms with Crippen LogP contribution in [0.3, 0.4) is 0 Å². The van der Waals surface area contributed by atoms with Crippen LogP contribution in [0.5, 0.6) is 17.5 Å². The fourth-order valence-corrected chi connectivity index (χ4v) is 3.89. The molecule has 0 saturated carbocycles. The van der Waals surface area contributed by atoms with Crippen LogP contribution in [0.1, 0.15) is 20.7 Å². The Labute approximate surface area is 203 Å². The average Bonchev–Trinajstić information content (AvgIpc) is 3.16. The number of rotatable bonds is 4. The third-order valence-electron chi connectivity index (χ3n) is 5.57. The molecular formula is C25H13F2NO9. The molecule has 10 nitrogen and oxygen atoms in total. The molecule has 0 spiro atoms. The van der Waals surface area contributed by atoms with Crippen molar-refractivity contribution in [3.63, 3.8) is 0 Å². The van der Waals surface area contributed by atoms with Crippen LogP contribution < -0.4 is 10.3 Å². The molecule has 0 fully saturated rings. The summed E-state index contributed by atoms with van der Waals surface area (Å²) < 4.78 is 34.6. The smallest absolute Gasteiger partial charge is 0.363 e. The number of fused-ring (bicyclic) bond motifs is 2. The molecule has 4 N–H and O–H groups in total. The standard InChI is InChI=1S/C25H13F2NO9/c26-15-6-13-19(8-17(15)29)36-20-9-18(30)16(27)7-14(20)23(13)11-2-1-10(5-12(11)24(33)34)25(35)37-28-21(31)3-4-22(28)32/h1-9,29,31-32H,(H,33,34). The molecule has 0 atom stereocenters. The van der Waals surface area contributed by atoms with Crippen molar-refractivity contribution >= 4 is 22.9 Å². The Bertz CT molecular complexity index is 1770. The molecule has 0 saturated heterocycles. The van der Waals surface area contributed by atoms with Gasteiger partial charge < -0.3 is 29.7 Å². The quantitative estimate of drug-likeness (QED) is 0.265. The molecule has 2 aliphatic rings. The molecule has 5 rings (SSSR count). The van der Waals surface area contributed by atoms with Gasteiger partial charge in [0.2, 0.25) is 17.2 Å². The molecule has 0 bridgehead atoms. The predicted octanol–water partition coefficient (Wildman–Crippen LogP) is 3.73. The minimum Gasteiger partial charge on any atom is -0.505 e. The highest BCUT2D eigenvalue weighted by atomic mass is 19.1. The van der Waals surface area contributed by atoms with Gasteiger partial charge in [-0.15, -0.1) is 4.73 Å². The van der Waals surface area contributed by atoms with Crippen LogP contribution >= 0.6 is 0 Å². The number of nitrogens with zero attached hydrogens (tertiary/aromatic N) is 1. The monoisotopic (exact) mass is 509 g/mol. The highest BCUT2D eigenvalue weighted by molar-refractivity contribution is 6.08. The van der Waals surface area contributed by atoms with Crippen molar-refractivity contribution in [3.8, 4) is 40.0 Å². The minimum atomic E-state index is -1.53. The van der Waals surface area contributed by atoms with Crippen LogP contribution in [0.25, 0.3) is 33.4 Å². The Morgan fingerprint density at radius 1 is 0.865 bits per heavy atom. The van der Waals surface area contributed by atoms with Gasteiger partial charge in [-0.05, 0) is 29.8 Å². The van der Waals surface area contributed by atoms with Crippen molar-refractivity contribution in [2.45, 2.75) is 0 Å². The Balaban J connectivity index is 1.76. The molecule has 12 heteroatoms. The lowest BCUT2D eigenvalue weighted by molar-refractivity contribution is 0.0381. The fraction of sp³-hybridized carbons (Fsp3) is 0. The SMILES string of the molecule is O=C(On1c(O)ccc1O)c1ccc(-c2c3cc(F)c(=O)cc-3oc3cc(O)c(F)cc23)c(C(=O)O)c1. The number of phenolic OH excluding ortho intramolecular Hbond substituents is 1. The van der Waals surface area contributed by atoms with Gasteiger partial charge in [0, 0.05) is 40.8 Å². The summed E-state index contributed by atoms with van der Waals surface area (Å²) in [6.07, 6.45) is 0. The average molecular weight is 509 g/mol. The van der Waals surface area contributed by atoms with E-state index in [1.54, 1.807) is 0 Å². The third-order valence-corrected chi connectivity index (χ3v) is 5.57. The van der Waals surface area contributed by atoms with Crippen molar-refractivity contribution in [1.29, 1.82) is 0 Å². The maximum Gasteiger partial charge on any atom is 0.363 e. The molecule has 0 amide bonds. The zero-order valence-corrected chi connectivity index (χ0v) is 18.2. The third kappa shape index (κ3) is 3.86. The summed E-state index contributed by atoms with van der Waals surface area (Å²) in [4.78, 5) is 41.6. The molecule has 37 heavy (non-hydrogen) atoms. The maximum absolute atomic E-state index is 14.3. The first-order valence-electron chi connectivity index (χ1n) is 10.3. The lowest BCUT2D eigenvalue weighted by Crippen LogP contribution is -2.19. The van der Waals surface area contributed by atoms with E-state index in [0.29, 0.717) is 4.73 Å². The predicted molar refractivity (Wildman–Crippen MR) is 122 cm³/mol. The molecule has 0 unspecified atom stereocenters. The number of benzene rings is 3. The summed E-state index contributed by atoms with van der Waals surface area (Å²) in [6, 6.07) is 8.77. The second-order valence-electron chi connectivity index (χ2n) is 7.84. The van der Waals surface area contributed by atoms with Crippen molar-refractivity contribution in [1.82, 2.24) is 4.73 Å². The molecule has 2 aromatic carbocycles. The number of phenols is 1. The van der Waals surface area contributed by atoms with Gasteiger partial charge in [-0.2, -0.15) is 0 Å². The number of aromatic nitrogens is 1. The highest BCUT2D eigenvalue weighted by Crippen LogP contribution is 2.43. The van der Waals surface area contributed by atoms with Gasteiger partial charge in [0.15, 0.2) is 17.4 Å².